The molecule has 0 radical (unpaired) electrons. The van der Waals surface area contributed by atoms with Gasteiger partial charge in [-0.1, -0.05) is 0 Å². The fraction of sp³-hybridized carbons (Fsp3) is 0.444. The molecule has 0 aliphatic rings. The SMILES string of the molecule is O=C(NCCc1cnc[nH]1)c1cc(OCCCS)cc(OCCCS)c1. The molecule has 1 aromatic carbocycles. The van der Waals surface area contributed by atoms with Crippen LogP contribution in [0.4, 0.5) is 0 Å². The molecule has 142 valence electrons. The molecule has 0 aliphatic heterocycles. The molecule has 2 rings (SSSR count). The Balaban J connectivity index is 1.99. The lowest BCUT2D eigenvalue weighted by Gasteiger charge is -2.12. The summed E-state index contributed by atoms with van der Waals surface area (Å²) in [5, 5.41) is 2.90. The van der Waals surface area contributed by atoms with Gasteiger partial charge in [0.1, 0.15) is 11.5 Å². The number of H-pyrrole nitrogens is 1. The van der Waals surface area contributed by atoms with Gasteiger partial charge in [0.2, 0.25) is 0 Å². The van der Waals surface area contributed by atoms with E-state index in [1.165, 1.54) is 0 Å². The molecule has 8 heteroatoms. The third kappa shape index (κ3) is 7.21. The zero-order chi connectivity index (χ0) is 18.6. The van der Waals surface area contributed by atoms with Crippen LogP contribution in [-0.4, -0.2) is 47.1 Å². The number of carbonyl (C=O) groups is 1. The van der Waals surface area contributed by atoms with Crippen molar-refractivity contribution in [2.45, 2.75) is 19.3 Å². The predicted molar refractivity (Wildman–Crippen MR) is 109 cm³/mol. The largest absolute Gasteiger partial charge is 0.493 e. The summed E-state index contributed by atoms with van der Waals surface area (Å²) < 4.78 is 11.4. The predicted octanol–water partition coefficient (Wildman–Crippen LogP) is 2.78. The van der Waals surface area contributed by atoms with Gasteiger partial charge in [0.05, 0.1) is 19.5 Å². The molecule has 0 saturated heterocycles. The van der Waals surface area contributed by atoms with Gasteiger partial charge < -0.3 is 19.8 Å². The first-order valence-electron chi connectivity index (χ1n) is 8.61. The molecule has 1 heterocycles. The van der Waals surface area contributed by atoms with E-state index in [9.17, 15) is 4.79 Å². The minimum absolute atomic E-state index is 0.164. The van der Waals surface area contributed by atoms with Crippen LogP contribution in [0.2, 0.25) is 0 Å². The van der Waals surface area contributed by atoms with Gasteiger partial charge in [-0.25, -0.2) is 4.98 Å². The lowest BCUT2D eigenvalue weighted by Crippen LogP contribution is -2.25. The maximum Gasteiger partial charge on any atom is 0.251 e. The third-order valence-corrected chi connectivity index (χ3v) is 4.15. The van der Waals surface area contributed by atoms with Crippen molar-refractivity contribution in [3.63, 3.8) is 0 Å². The van der Waals surface area contributed by atoms with Crippen LogP contribution in [0, 0.1) is 0 Å². The lowest BCUT2D eigenvalue weighted by atomic mass is 10.2. The van der Waals surface area contributed by atoms with E-state index in [2.05, 4.69) is 40.5 Å². The first kappa shape index (κ1) is 20.5. The van der Waals surface area contributed by atoms with E-state index in [1.807, 2.05) is 0 Å². The van der Waals surface area contributed by atoms with Gasteiger partial charge in [0.25, 0.3) is 5.91 Å². The average molecular weight is 396 g/mol. The van der Waals surface area contributed by atoms with Gasteiger partial charge >= 0.3 is 0 Å². The number of hydrogen-bond acceptors (Lipinski definition) is 6. The Morgan fingerprint density at radius 2 is 1.73 bits per heavy atom. The molecule has 0 unspecified atom stereocenters. The van der Waals surface area contributed by atoms with Crippen LogP contribution in [-0.2, 0) is 6.42 Å². The van der Waals surface area contributed by atoms with Gasteiger partial charge in [0.15, 0.2) is 0 Å². The van der Waals surface area contributed by atoms with Gasteiger partial charge in [-0.15, -0.1) is 0 Å². The molecule has 0 atom stereocenters. The number of benzene rings is 1. The molecular formula is C18H25N3O3S2. The van der Waals surface area contributed by atoms with Gasteiger partial charge in [-0.05, 0) is 36.5 Å². The zero-order valence-electron chi connectivity index (χ0n) is 14.6. The Morgan fingerprint density at radius 1 is 1.08 bits per heavy atom. The van der Waals surface area contributed by atoms with Crippen molar-refractivity contribution in [2.75, 3.05) is 31.3 Å². The average Bonchev–Trinajstić information content (AvgIpc) is 3.15. The fourth-order valence-electron chi connectivity index (χ4n) is 2.21. The molecule has 6 nitrogen and oxygen atoms in total. The smallest absolute Gasteiger partial charge is 0.251 e. The Hall–Kier alpha value is -1.80. The summed E-state index contributed by atoms with van der Waals surface area (Å²) in [6.45, 7) is 1.61. The Kier molecular flexibility index (Phi) is 9.27. The highest BCUT2D eigenvalue weighted by Crippen LogP contribution is 2.23. The molecule has 1 amide bonds. The van der Waals surface area contributed by atoms with Gasteiger partial charge in [-0.2, -0.15) is 25.3 Å². The number of nitrogens with one attached hydrogen (secondary N) is 2. The highest BCUT2D eigenvalue weighted by molar-refractivity contribution is 7.80. The van der Waals surface area contributed by atoms with Crippen LogP contribution in [0.1, 0.15) is 28.9 Å². The molecule has 0 bridgehead atoms. The highest BCUT2D eigenvalue weighted by Gasteiger charge is 2.10. The second-order valence-corrected chi connectivity index (χ2v) is 6.52. The molecule has 2 N–H and O–H groups in total. The van der Waals surface area contributed by atoms with E-state index in [4.69, 9.17) is 9.47 Å². The molecular weight excluding hydrogens is 370 g/mol. The van der Waals surface area contributed by atoms with Crippen molar-refractivity contribution in [1.82, 2.24) is 15.3 Å². The standard InChI is InChI=1S/C18H25N3O3S2/c22-18(20-4-3-15-12-19-13-21-15)14-9-16(23-5-1-7-25)11-17(10-14)24-6-2-8-26/h9-13,25-26H,1-8H2,(H,19,21)(H,20,22). The number of thiol groups is 2. The number of rotatable bonds is 12. The van der Waals surface area contributed by atoms with Crippen LogP contribution >= 0.6 is 25.3 Å². The van der Waals surface area contributed by atoms with Crippen LogP contribution in [0.5, 0.6) is 11.5 Å². The molecule has 0 aliphatic carbocycles. The first-order chi connectivity index (χ1) is 12.7. The number of hydrogen-bond donors (Lipinski definition) is 4. The minimum atomic E-state index is -0.164. The Labute approximate surface area is 164 Å². The van der Waals surface area contributed by atoms with Gasteiger partial charge in [0, 0.05) is 36.5 Å². The summed E-state index contributed by atoms with van der Waals surface area (Å²) in [6, 6.07) is 5.27. The van der Waals surface area contributed by atoms with Crippen LogP contribution < -0.4 is 14.8 Å². The second kappa shape index (κ2) is 11.7. The Bertz CT molecular complexity index is 637. The molecule has 1 aromatic heterocycles. The number of ether oxygens (including phenoxy) is 2. The quantitative estimate of drug-likeness (QED) is 0.329. The van der Waals surface area contributed by atoms with E-state index in [-0.39, 0.29) is 5.91 Å². The summed E-state index contributed by atoms with van der Waals surface area (Å²) >= 11 is 8.36. The monoisotopic (exact) mass is 395 g/mol. The number of carbonyl (C=O) groups excluding carboxylic acids is 1. The van der Waals surface area contributed by atoms with Crippen molar-refractivity contribution in [3.8, 4) is 11.5 Å². The normalized spacial score (nSPS) is 10.5. The summed E-state index contributed by atoms with van der Waals surface area (Å²) in [5.41, 5.74) is 1.49. The number of imidazole rings is 1. The van der Waals surface area contributed by atoms with E-state index < -0.39 is 0 Å². The maximum atomic E-state index is 12.5. The number of aromatic nitrogens is 2. The summed E-state index contributed by atoms with van der Waals surface area (Å²) in [4.78, 5) is 19.4. The molecule has 0 fully saturated rings. The second-order valence-electron chi connectivity index (χ2n) is 5.63. The van der Waals surface area contributed by atoms with Gasteiger partial charge in [-0.3, -0.25) is 4.79 Å². The third-order valence-electron chi connectivity index (χ3n) is 3.52. The minimum Gasteiger partial charge on any atom is -0.493 e. The lowest BCUT2D eigenvalue weighted by molar-refractivity contribution is 0.0953. The molecule has 0 saturated carbocycles. The number of aromatic amines is 1. The van der Waals surface area contributed by atoms with E-state index in [1.54, 1.807) is 30.7 Å². The van der Waals surface area contributed by atoms with Crippen molar-refractivity contribution in [1.29, 1.82) is 0 Å². The maximum absolute atomic E-state index is 12.5. The zero-order valence-corrected chi connectivity index (χ0v) is 16.4. The molecule has 26 heavy (non-hydrogen) atoms. The molecule has 2 aromatic rings. The first-order valence-corrected chi connectivity index (χ1v) is 9.87. The van der Waals surface area contributed by atoms with Crippen molar-refractivity contribution < 1.29 is 14.3 Å². The van der Waals surface area contributed by atoms with E-state index in [0.717, 1.165) is 30.0 Å². The fourth-order valence-corrected chi connectivity index (χ4v) is 2.47. The van der Waals surface area contributed by atoms with Crippen LogP contribution in [0.25, 0.3) is 0 Å². The van der Waals surface area contributed by atoms with Crippen LogP contribution in [0.15, 0.2) is 30.7 Å². The number of amides is 1. The number of nitrogens with zero attached hydrogens (tertiary/aromatic N) is 1. The highest BCUT2D eigenvalue weighted by atomic mass is 32.1. The summed E-state index contributed by atoms with van der Waals surface area (Å²) in [6.07, 6.45) is 5.72. The summed E-state index contributed by atoms with van der Waals surface area (Å²) in [7, 11) is 0. The van der Waals surface area contributed by atoms with Crippen LogP contribution in [0.3, 0.4) is 0 Å². The van der Waals surface area contributed by atoms with E-state index >= 15 is 0 Å². The van der Waals surface area contributed by atoms with Crippen molar-refractivity contribution in [2.24, 2.45) is 0 Å². The Morgan fingerprint density at radius 3 is 2.27 bits per heavy atom. The van der Waals surface area contributed by atoms with Crippen molar-refractivity contribution >= 4 is 31.2 Å². The summed E-state index contributed by atoms with van der Waals surface area (Å²) in [5.74, 6) is 2.57. The van der Waals surface area contributed by atoms with Crippen molar-refractivity contribution in [3.05, 3.63) is 42.0 Å². The topological polar surface area (TPSA) is 76.2 Å². The van der Waals surface area contributed by atoms with E-state index in [0.29, 0.717) is 43.2 Å². The molecule has 0 spiro atoms.